The van der Waals surface area contributed by atoms with E-state index in [1.54, 1.807) is 74.5 Å². The van der Waals surface area contributed by atoms with Gasteiger partial charge in [-0.05, 0) is 80.4 Å². The zero-order valence-electron chi connectivity index (χ0n) is 18.9. The van der Waals surface area contributed by atoms with Crippen molar-refractivity contribution in [2.45, 2.75) is 33.5 Å². The van der Waals surface area contributed by atoms with Crippen LogP contribution in [0.5, 0.6) is 5.75 Å². The van der Waals surface area contributed by atoms with Gasteiger partial charge in [-0.3, -0.25) is 4.79 Å². The van der Waals surface area contributed by atoms with Crippen molar-refractivity contribution in [1.82, 2.24) is 0 Å². The van der Waals surface area contributed by atoms with Crippen LogP contribution in [0.2, 0.25) is 10.0 Å². The van der Waals surface area contributed by atoms with Crippen LogP contribution in [0.1, 0.15) is 35.3 Å². The SMILES string of the molecule is Cc1cc2oc(-c3ccc(Cl)cc3)c(OCc3ccc(C(=O)OC(C)C)cc3)c(=O)c2cc1Cl. The zero-order chi connectivity index (χ0) is 24.4. The summed E-state index contributed by atoms with van der Waals surface area (Å²) in [5.41, 5.74) is 2.74. The zero-order valence-corrected chi connectivity index (χ0v) is 20.4. The van der Waals surface area contributed by atoms with Gasteiger partial charge in [0.15, 0.2) is 5.76 Å². The summed E-state index contributed by atoms with van der Waals surface area (Å²) in [7, 11) is 0. The molecule has 0 bridgehead atoms. The van der Waals surface area contributed by atoms with Gasteiger partial charge in [0.05, 0.1) is 17.1 Å². The summed E-state index contributed by atoms with van der Waals surface area (Å²) in [5, 5.41) is 1.36. The van der Waals surface area contributed by atoms with Gasteiger partial charge in [0, 0.05) is 15.6 Å². The van der Waals surface area contributed by atoms with Gasteiger partial charge in [0.2, 0.25) is 11.2 Å². The number of benzene rings is 3. The standard InChI is InChI=1S/C27H22Cl2O5/c1-15(2)33-27(31)19-6-4-17(5-7-19)14-32-26-24(30)21-13-22(29)16(3)12-23(21)34-25(26)18-8-10-20(28)11-9-18/h4-13,15H,14H2,1-3H3. The summed E-state index contributed by atoms with van der Waals surface area (Å²) < 4.78 is 17.3. The number of carbonyl (C=O) groups is 1. The van der Waals surface area contributed by atoms with E-state index in [2.05, 4.69) is 0 Å². The molecule has 4 rings (SSSR count). The molecular weight excluding hydrogens is 475 g/mol. The number of hydrogen-bond acceptors (Lipinski definition) is 5. The maximum atomic E-state index is 13.4. The maximum Gasteiger partial charge on any atom is 0.338 e. The first-order valence-corrected chi connectivity index (χ1v) is 11.4. The van der Waals surface area contributed by atoms with Crippen LogP contribution in [0.15, 0.2) is 69.9 Å². The van der Waals surface area contributed by atoms with Crippen LogP contribution >= 0.6 is 23.2 Å². The minimum atomic E-state index is -0.394. The predicted molar refractivity (Wildman–Crippen MR) is 134 cm³/mol. The third-order valence-electron chi connectivity index (χ3n) is 5.15. The van der Waals surface area contributed by atoms with Crippen molar-refractivity contribution >= 4 is 40.1 Å². The smallest absolute Gasteiger partial charge is 0.338 e. The summed E-state index contributed by atoms with van der Waals surface area (Å²) in [6.07, 6.45) is -0.203. The van der Waals surface area contributed by atoms with Crippen molar-refractivity contribution in [2.24, 2.45) is 0 Å². The van der Waals surface area contributed by atoms with Gasteiger partial charge in [-0.25, -0.2) is 4.79 Å². The average Bonchev–Trinajstić information content (AvgIpc) is 2.80. The van der Waals surface area contributed by atoms with Crippen LogP contribution in [0, 0.1) is 6.92 Å². The van der Waals surface area contributed by atoms with Crippen molar-refractivity contribution in [1.29, 1.82) is 0 Å². The molecule has 0 fully saturated rings. The van der Waals surface area contributed by atoms with Crippen LogP contribution < -0.4 is 10.2 Å². The number of ether oxygens (including phenoxy) is 2. The summed E-state index contributed by atoms with van der Waals surface area (Å²) >= 11 is 12.3. The second-order valence-corrected chi connectivity index (χ2v) is 8.98. The molecule has 1 aromatic heterocycles. The Morgan fingerprint density at radius 2 is 1.68 bits per heavy atom. The molecule has 0 spiro atoms. The topological polar surface area (TPSA) is 65.7 Å². The summed E-state index contributed by atoms with van der Waals surface area (Å²) in [6.45, 7) is 5.52. The number of fused-ring (bicyclic) bond motifs is 1. The molecule has 3 aromatic carbocycles. The predicted octanol–water partition coefficient (Wildman–Crippen LogP) is 7.22. The van der Waals surface area contributed by atoms with E-state index in [0.717, 1.165) is 11.1 Å². The lowest BCUT2D eigenvalue weighted by atomic mass is 10.1. The number of rotatable bonds is 6. The van der Waals surface area contributed by atoms with Gasteiger partial charge in [-0.2, -0.15) is 0 Å². The fourth-order valence-electron chi connectivity index (χ4n) is 3.40. The second kappa shape index (κ2) is 9.92. The van der Waals surface area contributed by atoms with Gasteiger partial charge >= 0.3 is 5.97 Å². The Morgan fingerprint density at radius 1 is 1.00 bits per heavy atom. The first kappa shape index (κ1) is 23.9. The van der Waals surface area contributed by atoms with Crippen molar-refractivity contribution < 1.29 is 18.7 Å². The lowest BCUT2D eigenvalue weighted by Gasteiger charge is -2.13. The molecule has 34 heavy (non-hydrogen) atoms. The van der Waals surface area contributed by atoms with E-state index in [4.69, 9.17) is 37.1 Å². The fraction of sp³-hybridized carbons (Fsp3) is 0.185. The normalized spacial score (nSPS) is 11.1. The van der Waals surface area contributed by atoms with E-state index in [0.29, 0.717) is 37.9 Å². The molecule has 0 N–H and O–H groups in total. The first-order valence-electron chi connectivity index (χ1n) is 10.7. The number of hydrogen-bond donors (Lipinski definition) is 0. The summed E-state index contributed by atoms with van der Waals surface area (Å²) in [6, 6.07) is 17.1. The quantitative estimate of drug-likeness (QED) is 0.263. The van der Waals surface area contributed by atoms with Crippen LogP contribution in [0.3, 0.4) is 0 Å². The molecule has 174 valence electrons. The average molecular weight is 497 g/mol. The molecule has 0 saturated heterocycles. The molecular formula is C27H22Cl2O5. The number of carbonyl (C=O) groups excluding carboxylic acids is 1. The van der Waals surface area contributed by atoms with E-state index in [9.17, 15) is 9.59 Å². The molecule has 0 aliphatic heterocycles. The molecule has 0 saturated carbocycles. The Bertz CT molecular complexity index is 1400. The molecule has 4 aromatic rings. The molecule has 0 aliphatic rings. The van der Waals surface area contributed by atoms with Gasteiger partial charge < -0.3 is 13.9 Å². The largest absolute Gasteiger partial charge is 0.481 e. The highest BCUT2D eigenvalue weighted by Gasteiger charge is 2.19. The highest BCUT2D eigenvalue weighted by atomic mass is 35.5. The molecule has 5 nitrogen and oxygen atoms in total. The molecule has 1 heterocycles. The number of esters is 1. The van der Waals surface area contributed by atoms with Gasteiger partial charge in [0.1, 0.15) is 12.2 Å². The van der Waals surface area contributed by atoms with E-state index < -0.39 is 5.97 Å². The molecule has 7 heteroatoms. The van der Waals surface area contributed by atoms with Crippen molar-refractivity contribution in [3.05, 3.63) is 97.6 Å². The fourth-order valence-corrected chi connectivity index (χ4v) is 3.69. The third-order valence-corrected chi connectivity index (χ3v) is 5.81. The lowest BCUT2D eigenvalue weighted by molar-refractivity contribution is 0.0378. The Kier molecular flexibility index (Phi) is 6.96. The van der Waals surface area contributed by atoms with Crippen molar-refractivity contribution in [3.8, 4) is 17.1 Å². The summed E-state index contributed by atoms with van der Waals surface area (Å²) in [4.78, 5) is 25.5. The first-order chi connectivity index (χ1) is 16.2. The van der Waals surface area contributed by atoms with Crippen LogP contribution in [-0.2, 0) is 11.3 Å². The lowest BCUT2D eigenvalue weighted by Crippen LogP contribution is -2.12. The second-order valence-electron chi connectivity index (χ2n) is 8.13. The van der Waals surface area contributed by atoms with Gasteiger partial charge in [-0.15, -0.1) is 0 Å². The van der Waals surface area contributed by atoms with Crippen LogP contribution in [0.4, 0.5) is 0 Å². The van der Waals surface area contributed by atoms with Crippen molar-refractivity contribution in [2.75, 3.05) is 0 Å². The van der Waals surface area contributed by atoms with E-state index in [1.807, 2.05) is 6.92 Å². The molecule has 0 unspecified atom stereocenters. The van der Waals surface area contributed by atoms with Crippen molar-refractivity contribution in [3.63, 3.8) is 0 Å². The third kappa shape index (κ3) is 5.11. The van der Waals surface area contributed by atoms with Crippen LogP contribution in [-0.4, -0.2) is 12.1 Å². The maximum absolute atomic E-state index is 13.4. The van der Waals surface area contributed by atoms with E-state index in [1.165, 1.54) is 0 Å². The summed E-state index contributed by atoms with van der Waals surface area (Å²) in [5.74, 6) is -0.0269. The minimum Gasteiger partial charge on any atom is -0.481 e. The highest BCUT2D eigenvalue weighted by Crippen LogP contribution is 2.33. The van der Waals surface area contributed by atoms with Crippen LogP contribution in [0.25, 0.3) is 22.3 Å². The Balaban J connectivity index is 1.71. The number of aryl methyl sites for hydroxylation is 1. The van der Waals surface area contributed by atoms with Gasteiger partial charge in [-0.1, -0.05) is 35.3 Å². The Morgan fingerprint density at radius 3 is 2.32 bits per heavy atom. The van der Waals surface area contributed by atoms with E-state index in [-0.39, 0.29) is 23.9 Å². The molecule has 0 amide bonds. The molecule has 0 atom stereocenters. The highest BCUT2D eigenvalue weighted by molar-refractivity contribution is 6.32. The Hall–Kier alpha value is -3.28. The molecule has 0 aliphatic carbocycles. The van der Waals surface area contributed by atoms with Gasteiger partial charge in [0.25, 0.3) is 0 Å². The number of halogens is 2. The Labute approximate surface area is 206 Å². The monoisotopic (exact) mass is 496 g/mol. The minimum absolute atomic E-state index is 0.0676. The molecule has 0 radical (unpaired) electrons. The van der Waals surface area contributed by atoms with E-state index >= 15 is 0 Å².